The van der Waals surface area contributed by atoms with E-state index in [9.17, 15) is 9.59 Å². The molecule has 0 heterocycles. The van der Waals surface area contributed by atoms with Gasteiger partial charge in [-0.25, -0.2) is 5.43 Å². The Balaban J connectivity index is 1.78. The lowest BCUT2D eigenvalue weighted by molar-refractivity contribution is -0.139. The topological polar surface area (TPSA) is 70.6 Å². The van der Waals surface area contributed by atoms with Crippen molar-refractivity contribution < 1.29 is 9.59 Å². The molecule has 0 aromatic heterocycles. The van der Waals surface area contributed by atoms with Crippen LogP contribution >= 0.6 is 11.6 Å². The van der Waals surface area contributed by atoms with E-state index in [4.69, 9.17) is 11.6 Å². The van der Waals surface area contributed by atoms with Gasteiger partial charge in [0.1, 0.15) is 0 Å². The minimum absolute atomic E-state index is 0.242. The quantitative estimate of drug-likeness (QED) is 0.515. The molecule has 0 bridgehead atoms. The van der Waals surface area contributed by atoms with Gasteiger partial charge >= 0.3 is 11.8 Å². The molecular formula is C16H14ClN3O2. The number of benzene rings is 2. The third-order valence-electron chi connectivity index (χ3n) is 2.75. The molecule has 0 aliphatic rings. The molecule has 2 aromatic carbocycles. The van der Waals surface area contributed by atoms with E-state index in [0.717, 1.165) is 11.1 Å². The predicted octanol–water partition coefficient (Wildman–Crippen LogP) is 2.11. The Bertz CT molecular complexity index is 670. The highest BCUT2D eigenvalue weighted by Crippen LogP contribution is 2.08. The second-order valence-corrected chi connectivity index (χ2v) is 4.86. The Kier molecular flexibility index (Phi) is 5.68. The molecule has 0 fully saturated rings. The molecule has 5 nitrogen and oxygen atoms in total. The average molecular weight is 316 g/mol. The van der Waals surface area contributed by atoms with Gasteiger partial charge in [0, 0.05) is 11.6 Å². The first-order valence-electron chi connectivity index (χ1n) is 6.56. The van der Waals surface area contributed by atoms with Crippen LogP contribution in [0, 0.1) is 0 Å². The smallest absolute Gasteiger partial charge is 0.329 e. The molecule has 0 unspecified atom stereocenters. The summed E-state index contributed by atoms with van der Waals surface area (Å²) in [5.41, 5.74) is 3.84. The number of hydrogen-bond acceptors (Lipinski definition) is 3. The Morgan fingerprint density at radius 3 is 2.36 bits per heavy atom. The van der Waals surface area contributed by atoms with Crippen molar-refractivity contribution in [1.29, 1.82) is 0 Å². The van der Waals surface area contributed by atoms with E-state index >= 15 is 0 Å². The first kappa shape index (κ1) is 15.7. The normalized spacial score (nSPS) is 10.4. The van der Waals surface area contributed by atoms with Crippen LogP contribution in [0.1, 0.15) is 11.1 Å². The molecule has 2 amide bonds. The van der Waals surface area contributed by atoms with Gasteiger partial charge in [0.2, 0.25) is 0 Å². The monoisotopic (exact) mass is 315 g/mol. The molecule has 0 aliphatic heterocycles. The van der Waals surface area contributed by atoms with Gasteiger partial charge in [0.25, 0.3) is 0 Å². The first-order valence-corrected chi connectivity index (χ1v) is 6.93. The van der Waals surface area contributed by atoms with Crippen molar-refractivity contribution in [3.8, 4) is 0 Å². The summed E-state index contributed by atoms with van der Waals surface area (Å²) < 4.78 is 0. The Labute approximate surface area is 133 Å². The van der Waals surface area contributed by atoms with Gasteiger partial charge in [-0.05, 0) is 23.3 Å². The number of amides is 2. The number of hydrazone groups is 1. The second kappa shape index (κ2) is 7.95. The lowest BCUT2D eigenvalue weighted by Crippen LogP contribution is -2.37. The van der Waals surface area contributed by atoms with Crippen LogP contribution in [0.15, 0.2) is 59.7 Å². The number of nitrogens with zero attached hydrogens (tertiary/aromatic N) is 1. The Hall–Kier alpha value is -2.66. The molecule has 0 saturated carbocycles. The minimum Gasteiger partial charge on any atom is -0.344 e. The maximum absolute atomic E-state index is 11.6. The Morgan fingerprint density at radius 2 is 1.68 bits per heavy atom. The summed E-state index contributed by atoms with van der Waals surface area (Å²) in [4.78, 5) is 23.2. The molecule has 2 rings (SSSR count). The van der Waals surface area contributed by atoms with E-state index in [1.807, 2.05) is 30.3 Å². The molecule has 6 heteroatoms. The molecule has 0 aliphatic carbocycles. The van der Waals surface area contributed by atoms with Gasteiger partial charge in [-0.2, -0.15) is 5.10 Å². The van der Waals surface area contributed by atoms with Gasteiger partial charge in [0.15, 0.2) is 0 Å². The lowest BCUT2D eigenvalue weighted by Gasteiger charge is -2.04. The zero-order valence-corrected chi connectivity index (χ0v) is 12.4. The van der Waals surface area contributed by atoms with Crippen LogP contribution in [0.3, 0.4) is 0 Å². The van der Waals surface area contributed by atoms with Crippen molar-refractivity contribution in [3.05, 3.63) is 70.7 Å². The van der Waals surface area contributed by atoms with Crippen LogP contribution in [-0.2, 0) is 16.1 Å². The summed E-state index contributed by atoms with van der Waals surface area (Å²) in [5, 5.41) is 6.84. The molecular weight excluding hydrogens is 302 g/mol. The molecule has 112 valence electrons. The van der Waals surface area contributed by atoms with Crippen LogP contribution in [-0.4, -0.2) is 18.0 Å². The number of hydrogen-bond donors (Lipinski definition) is 2. The highest BCUT2D eigenvalue weighted by atomic mass is 35.5. The van der Waals surface area contributed by atoms with Crippen LogP contribution in [0.4, 0.5) is 0 Å². The number of carbonyl (C=O) groups excluding carboxylic acids is 2. The summed E-state index contributed by atoms with van der Waals surface area (Å²) in [6.07, 6.45) is 1.46. The van der Waals surface area contributed by atoms with Crippen molar-refractivity contribution in [2.45, 2.75) is 6.54 Å². The van der Waals surface area contributed by atoms with E-state index in [1.54, 1.807) is 24.3 Å². The predicted molar refractivity (Wildman–Crippen MR) is 85.5 cm³/mol. The zero-order valence-electron chi connectivity index (χ0n) is 11.6. The van der Waals surface area contributed by atoms with E-state index in [2.05, 4.69) is 15.8 Å². The molecule has 2 N–H and O–H groups in total. The number of carbonyl (C=O) groups is 2. The van der Waals surface area contributed by atoms with Crippen LogP contribution < -0.4 is 10.7 Å². The van der Waals surface area contributed by atoms with Crippen molar-refractivity contribution in [2.75, 3.05) is 0 Å². The van der Waals surface area contributed by atoms with E-state index in [1.165, 1.54) is 6.21 Å². The summed E-state index contributed by atoms with van der Waals surface area (Å²) in [5.74, 6) is -1.57. The standard InChI is InChI=1S/C16H14ClN3O2/c17-14-8-6-13(7-9-14)10-18-15(21)16(22)20-19-11-12-4-2-1-3-5-12/h1-9,11H,10H2,(H,18,21)(H,20,22). The Morgan fingerprint density at radius 1 is 1.00 bits per heavy atom. The van der Waals surface area contributed by atoms with Gasteiger partial charge < -0.3 is 5.32 Å². The first-order chi connectivity index (χ1) is 10.6. The summed E-state index contributed by atoms with van der Waals surface area (Å²) in [7, 11) is 0. The third kappa shape index (κ3) is 5.03. The second-order valence-electron chi connectivity index (χ2n) is 4.42. The number of rotatable bonds is 4. The fourth-order valence-corrected chi connectivity index (χ4v) is 1.75. The third-order valence-corrected chi connectivity index (χ3v) is 3.00. The van der Waals surface area contributed by atoms with Crippen LogP contribution in [0.2, 0.25) is 5.02 Å². The fraction of sp³-hybridized carbons (Fsp3) is 0.0625. The number of nitrogens with one attached hydrogen (secondary N) is 2. The van der Waals surface area contributed by atoms with Crippen molar-refractivity contribution >= 4 is 29.6 Å². The minimum atomic E-state index is -0.818. The summed E-state index contributed by atoms with van der Waals surface area (Å²) in [6.45, 7) is 0.242. The highest BCUT2D eigenvalue weighted by Gasteiger charge is 2.11. The van der Waals surface area contributed by atoms with E-state index in [0.29, 0.717) is 5.02 Å². The molecule has 22 heavy (non-hydrogen) atoms. The maximum atomic E-state index is 11.6. The van der Waals surface area contributed by atoms with Crippen molar-refractivity contribution in [1.82, 2.24) is 10.7 Å². The molecule has 0 saturated heterocycles. The van der Waals surface area contributed by atoms with Gasteiger partial charge in [-0.1, -0.05) is 54.1 Å². The summed E-state index contributed by atoms with van der Waals surface area (Å²) >= 11 is 5.77. The number of halogens is 1. The maximum Gasteiger partial charge on any atom is 0.329 e. The van der Waals surface area contributed by atoms with Crippen LogP contribution in [0.25, 0.3) is 0 Å². The summed E-state index contributed by atoms with van der Waals surface area (Å²) in [6, 6.07) is 16.2. The molecule has 2 aromatic rings. The van der Waals surface area contributed by atoms with Crippen molar-refractivity contribution in [3.63, 3.8) is 0 Å². The average Bonchev–Trinajstić information content (AvgIpc) is 2.55. The highest BCUT2D eigenvalue weighted by molar-refractivity contribution is 6.35. The van der Waals surface area contributed by atoms with Gasteiger partial charge in [-0.3, -0.25) is 9.59 Å². The van der Waals surface area contributed by atoms with Gasteiger partial charge in [-0.15, -0.1) is 0 Å². The fourth-order valence-electron chi connectivity index (χ4n) is 1.62. The molecule has 0 atom stereocenters. The molecule has 0 spiro atoms. The zero-order chi connectivity index (χ0) is 15.8. The SMILES string of the molecule is O=C(NCc1ccc(Cl)cc1)C(=O)NN=Cc1ccccc1. The largest absolute Gasteiger partial charge is 0.344 e. The van der Waals surface area contributed by atoms with Gasteiger partial charge in [0.05, 0.1) is 6.21 Å². The van der Waals surface area contributed by atoms with Crippen molar-refractivity contribution in [2.24, 2.45) is 5.10 Å². The van der Waals surface area contributed by atoms with E-state index in [-0.39, 0.29) is 6.54 Å². The molecule has 0 radical (unpaired) electrons. The van der Waals surface area contributed by atoms with E-state index < -0.39 is 11.8 Å². The lowest BCUT2D eigenvalue weighted by atomic mass is 10.2. The van der Waals surface area contributed by atoms with Crippen LogP contribution in [0.5, 0.6) is 0 Å².